The number of nitrogens with zero attached hydrogens (tertiary/aromatic N) is 2. The second-order valence-electron chi connectivity index (χ2n) is 22.9. The first-order chi connectivity index (χ1) is 38.2. The lowest BCUT2D eigenvalue weighted by atomic mass is 9.79. The summed E-state index contributed by atoms with van der Waals surface area (Å²) in [6, 6.07) is 87.2. The SMILES string of the molecule is CC(C)(C)c1cc2ccc3cc(C(C)(C)C)cc4c(-c5cccc(-c6cc(N(c7cccc(Cl)c7)c7ccccc7-c7ccccc7)cc(N(c7ccccc7-c7ccccc7)c7csc8cc(Br)ccc78)c6)c5)cc(c1)c2c34. The maximum Gasteiger partial charge on any atom is 0.0647 e. The Hall–Kier alpha value is -7.99. The molecule has 0 radical (unpaired) electrons. The van der Waals surface area contributed by atoms with Crippen molar-refractivity contribution >= 4 is 115 Å². The Morgan fingerprint density at radius 3 is 1.58 bits per heavy atom. The van der Waals surface area contributed by atoms with Gasteiger partial charge in [0.2, 0.25) is 0 Å². The number of thiophene rings is 1. The van der Waals surface area contributed by atoms with E-state index in [0.29, 0.717) is 5.02 Å². The Kier molecular flexibility index (Phi) is 12.8. The zero-order chi connectivity index (χ0) is 54.2. The summed E-state index contributed by atoms with van der Waals surface area (Å²) in [6.45, 7) is 13.9. The van der Waals surface area contributed by atoms with Crippen LogP contribution in [0.4, 0.5) is 34.1 Å². The molecule has 0 aliphatic carbocycles. The lowest BCUT2D eigenvalue weighted by Crippen LogP contribution is -2.14. The minimum atomic E-state index is -0.0525. The highest BCUT2D eigenvalue weighted by Crippen LogP contribution is 2.51. The van der Waals surface area contributed by atoms with Gasteiger partial charge in [-0.15, -0.1) is 11.3 Å². The summed E-state index contributed by atoms with van der Waals surface area (Å²) in [4.78, 5) is 4.87. The molecule has 2 nitrogen and oxygen atoms in total. The van der Waals surface area contributed by atoms with Gasteiger partial charge in [0.05, 0.1) is 17.1 Å². The molecule has 79 heavy (non-hydrogen) atoms. The molecule has 0 unspecified atom stereocenters. The number of hydrogen-bond acceptors (Lipinski definition) is 3. The largest absolute Gasteiger partial charge is 0.310 e. The van der Waals surface area contributed by atoms with Gasteiger partial charge in [0, 0.05) is 53.2 Å². The number of rotatable bonds is 10. The topological polar surface area (TPSA) is 6.48 Å². The second kappa shape index (κ2) is 20.0. The van der Waals surface area contributed by atoms with E-state index in [4.69, 9.17) is 11.6 Å². The minimum absolute atomic E-state index is 0.0190. The lowest BCUT2D eigenvalue weighted by molar-refractivity contribution is 0.591. The molecule has 0 saturated carbocycles. The minimum Gasteiger partial charge on any atom is -0.310 e. The van der Waals surface area contributed by atoms with E-state index in [1.54, 1.807) is 11.3 Å². The van der Waals surface area contributed by atoms with Gasteiger partial charge in [-0.2, -0.15) is 0 Å². The molecule has 0 N–H and O–H groups in total. The van der Waals surface area contributed by atoms with E-state index in [2.05, 4.69) is 303 Å². The fourth-order valence-corrected chi connectivity index (χ4v) is 13.2. The molecule has 13 aromatic rings. The van der Waals surface area contributed by atoms with Crippen molar-refractivity contribution in [3.05, 3.63) is 263 Å². The van der Waals surface area contributed by atoms with Crippen LogP contribution in [0.15, 0.2) is 246 Å². The van der Waals surface area contributed by atoms with E-state index in [9.17, 15) is 0 Å². The van der Waals surface area contributed by atoms with Crippen LogP contribution in [0.1, 0.15) is 52.7 Å². The van der Waals surface area contributed by atoms with Crippen molar-refractivity contribution in [2.24, 2.45) is 0 Å². The fourth-order valence-electron chi connectivity index (χ4n) is 11.6. The Morgan fingerprint density at radius 2 is 0.924 bits per heavy atom. The maximum atomic E-state index is 7.02. The number of hydrogen-bond donors (Lipinski definition) is 0. The molecule has 0 fully saturated rings. The normalized spacial score (nSPS) is 12.1. The smallest absolute Gasteiger partial charge is 0.0647 e. The first-order valence-electron chi connectivity index (χ1n) is 27.1. The highest BCUT2D eigenvalue weighted by atomic mass is 79.9. The molecule has 5 heteroatoms. The molecule has 0 amide bonds. The van der Waals surface area contributed by atoms with Gasteiger partial charge in [0.1, 0.15) is 0 Å². The van der Waals surface area contributed by atoms with Gasteiger partial charge in [-0.3, -0.25) is 0 Å². The monoisotopic (exact) mass is 1120 g/mol. The summed E-state index contributed by atoms with van der Waals surface area (Å²) in [6.07, 6.45) is 0. The molecule has 1 aromatic heterocycles. The van der Waals surface area contributed by atoms with Gasteiger partial charge in [0.15, 0.2) is 0 Å². The second-order valence-corrected chi connectivity index (χ2v) is 25.2. The highest BCUT2D eigenvalue weighted by molar-refractivity contribution is 9.10. The van der Waals surface area contributed by atoms with Gasteiger partial charge in [-0.05, 0) is 167 Å². The van der Waals surface area contributed by atoms with Crippen molar-refractivity contribution in [1.82, 2.24) is 0 Å². The van der Waals surface area contributed by atoms with Crippen molar-refractivity contribution in [2.45, 2.75) is 52.4 Å². The summed E-state index contributed by atoms with van der Waals surface area (Å²) >= 11 is 12.6. The third-order valence-corrected chi connectivity index (χ3v) is 17.3. The average Bonchev–Trinajstić information content (AvgIpc) is 3.90. The first kappa shape index (κ1) is 50.5. The van der Waals surface area contributed by atoms with Crippen LogP contribution in [0, 0.1) is 0 Å². The Morgan fingerprint density at radius 1 is 0.367 bits per heavy atom. The number of anilines is 6. The molecule has 0 aliphatic rings. The standard InChI is InChI=1S/C74H58BrClN2S/c1-73(2,3)55-36-51-31-32-52-37-56(74(4,5)6)42-66-65(41-54(38-55)71(51)72(52)66)50-24-17-23-49(35-50)53-39-60(77(59-26-18-25-58(76)44-59)67-29-15-13-27-62(67)47-19-9-7-10-20-47)45-61(40-53)78(69-46-79-70-43-57(75)33-34-64(69)70)68-30-16-14-28-63(68)48-21-11-8-12-22-48/h7-46H,1-6H3. The zero-order valence-electron chi connectivity index (χ0n) is 45.2. The van der Waals surface area contributed by atoms with Crippen LogP contribution in [-0.4, -0.2) is 0 Å². The van der Waals surface area contributed by atoms with Crippen LogP contribution in [0.25, 0.3) is 86.9 Å². The molecule has 0 spiro atoms. The molecule has 0 atom stereocenters. The van der Waals surface area contributed by atoms with Crippen molar-refractivity contribution in [2.75, 3.05) is 9.80 Å². The Balaban J connectivity index is 1.11. The van der Waals surface area contributed by atoms with Crippen molar-refractivity contribution < 1.29 is 0 Å². The van der Waals surface area contributed by atoms with E-state index >= 15 is 0 Å². The molecule has 1 heterocycles. The van der Waals surface area contributed by atoms with Gasteiger partial charge in [0.25, 0.3) is 0 Å². The number of fused-ring (bicyclic) bond motifs is 1. The Labute approximate surface area is 481 Å². The third-order valence-electron chi connectivity index (χ3n) is 15.6. The first-order valence-corrected chi connectivity index (χ1v) is 29.1. The van der Waals surface area contributed by atoms with Crippen LogP contribution in [0.5, 0.6) is 0 Å². The summed E-state index contributed by atoms with van der Waals surface area (Å²) in [5, 5.41) is 11.9. The van der Waals surface area contributed by atoms with Crippen molar-refractivity contribution in [3.8, 4) is 44.5 Å². The molecule has 0 bridgehead atoms. The quantitative estimate of drug-likeness (QED) is 0.126. The van der Waals surface area contributed by atoms with E-state index in [1.165, 1.54) is 64.7 Å². The molecule has 384 valence electrons. The zero-order valence-corrected chi connectivity index (χ0v) is 48.3. The molecular weight excluding hydrogens is 1060 g/mol. The number of halogens is 2. The summed E-state index contributed by atoms with van der Waals surface area (Å²) in [5.74, 6) is 0. The van der Waals surface area contributed by atoms with Gasteiger partial charge >= 0.3 is 0 Å². The number of benzene rings is 12. The maximum absolute atomic E-state index is 7.02. The summed E-state index contributed by atoms with van der Waals surface area (Å²) < 4.78 is 2.25. The molecule has 0 saturated heterocycles. The van der Waals surface area contributed by atoms with Gasteiger partial charge < -0.3 is 9.80 Å². The van der Waals surface area contributed by atoms with Gasteiger partial charge in [-0.1, -0.05) is 227 Å². The van der Waals surface area contributed by atoms with E-state index in [1.807, 2.05) is 6.07 Å². The number of para-hydroxylation sites is 2. The van der Waals surface area contributed by atoms with Crippen LogP contribution < -0.4 is 9.80 Å². The predicted octanol–water partition coefficient (Wildman–Crippen LogP) is 23.4. The average molecular weight is 1120 g/mol. The van der Waals surface area contributed by atoms with E-state index in [0.717, 1.165) is 72.0 Å². The fraction of sp³-hybridized carbons (Fsp3) is 0.108. The van der Waals surface area contributed by atoms with Crippen molar-refractivity contribution in [1.29, 1.82) is 0 Å². The highest BCUT2D eigenvalue weighted by Gasteiger charge is 2.27. The summed E-state index contributed by atoms with van der Waals surface area (Å²) in [5.41, 5.74) is 17.8. The Bertz CT molecular complexity index is 4430. The molecule has 0 aliphatic heterocycles. The summed E-state index contributed by atoms with van der Waals surface area (Å²) in [7, 11) is 0. The van der Waals surface area contributed by atoms with E-state index < -0.39 is 0 Å². The van der Waals surface area contributed by atoms with Crippen molar-refractivity contribution in [3.63, 3.8) is 0 Å². The van der Waals surface area contributed by atoms with Crippen LogP contribution >= 0.6 is 38.9 Å². The molecule has 13 rings (SSSR count). The third kappa shape index (κ3) is 9.46. The predicted molar refractivity (Wildman–Crippen MR) is 347 cm³/mol. The van der Waals surface area contributed by atoms with Gasteiger partial charge in [-0.25, -0.2) is 0 Å². The van der Waals surface area contributed by atoms with Crippen LogP contribution in [0.3, 0.4) is 0 Å². The van der Waals surface area contributed by atoms with E-state index in [-0.39, 0.29) is 10.8 Å². The molecule has 12 aromatic carbocycles. The van der Waals surface area contributed by atoms with Crippen LogP contribution in [0.2, 0.25) is 5.02 Å². The lowest BCUT2D eigenvalue weighted by Gasteiger charge is -2.32. The molecular formula is C74H58BrClN2S. The van der Waals surface area contributed by atoms with Crippen LogP contribution in [-0.2, 0) is 10.8 Å².